The molecule has 2 aliphatic carbocycles. The highest BCUT2D eigenvalue weighted by Gasteiger charge is 2.33. The van der Waals surface area contributed by atoms with E-state index in [4.69, 9.17) is 5.11 Å². The van der Waals surface area contributed by atoms with E-state index in [1.807, 2.05) is 0 Å². The van der Waals surface area contributed by atoms with Crippen molar-refractivity contribution < 1.29 is 14.7 Å². The largest absolute Gasteiger partial charge is 0.481 e. The number of carboxylic acids is 1. The van der Waals surface area contributed by atoms with Crippen LogP contribution in [0.5, 0.6) is 0 Å². The molecule has 5 heteroatoms. The average Bonchev–Trinajstić information content (AvgIpc) is 3.21. The maximum Gasteiger partial charge on any atom is 0.315 e. The molecule has 0 aromatic heterocycles. The lowest BCUT2D eigenvalue weighted by atomic mass is 9.83. The molecular weight excluding hydrogens is 256 g/mol. The third-order valence-corrected chi connectivity index (χ3v) is 4.59. The monoisotopic (exact) mass is 282 g/mol. The predicted molar refractivity (Wildman–Crippen MR) is 76.4 cm³/mol. The first-order chi connectivity index (χ1) is 9.54. The molecule has 0 heterocycles. The topological polar surface area (TPSA) is 78.4 Å². The van der Waals surface area contributed by atoms with Crippen molar-refractivity contribution in [2.24, 2.45) is 17.8 Å². The van der Waals surface area contributed by atoms with Gasteiger partial charge in [0.25, 0.3) is 0 Å². The van der Waals surface area contributed by atoms with E-state index >= 15 is 0 Å². The summed E-state index contributed by atoms with van der Waals surface area (Å²) in [5.41, 5.74) is 0. The van der Waals surface area contributed by atoms with Gasteiger partial charge in [-0.05, 0) is 43.4 Å². The normalized spacial score (nSPS) is 27.6. The maximum atomic E-state index is 11.9. The second-order valence-corrected chi connectivity index (χ2v) is 6.52. The summed E-state index contributed by atoms with van der Waals surface area (Å²) in [6.45, 7) is 2.99. The molecule has 0 radical (unpaired) electrons. The molecule has 114 valence electrons. The Morgan fingerprint density at radius 2 is 1.80 bits per heavy atom. The minimum atomic E-state index is -0.844. The van der Waals surface area contributed by atoms with Gasteiger partial charge in [0.2, 0.25) is 0 Å². The van der Waals surface area contributed by atoms with Crippen molar-refractivity contribution in [3.05, 3.63) is 0 Å². The van der Waals surface area contributed by atoms with E-state index in [9.17, 15) is 9.59 Å². The summed E-state index contributed by atoms with van der Waals surface area (Å²) in [7, 11) is 0. The van der Waals surface area contributed by atoms with Crippen LogP contribution in [0.25, 0.3) is 0 Å². The molecular formula is C15H26N2O3. The fourth-order valence-electron chi connectivity index (χ4n) is 3.01. The van der Waals surface area contributed by atoms with Crippen LogP contribution < -0.4 is 10.6 Å². The highest BCUT2D eigenvalue weighted by molar-refractivity contribution is 5.75. The number of carbonyl (C=O) groups is 2. The van der Waals surface area contributed by atoms with Crippen molar-refractivity contribution in [1.29, 1.82) is 0 Å². The zero-order valence-electron chi connectivity index (χ0n) is 12.2. The lowest BCUT2D eigenvalue weighted by Gasteiger charge is -2.26. The summed E-state index contributed by atoms with van der Waals surface area (Å²) < 4.78 is 0. The molecule has 2 saturated carbocycles. The van der Waals surface area contributed by atoms with Gasteiger partial charge in [-0.1, -0.05) is 19.8 Å². The van der Waals surface area contributed by atoms with Crippen LogP contribution in [0.4, 0.5) is 4.79 Å². The fourth-order valence-corrected chi connectivity index (χ4v) is 3.01. The van der Waals surface area contributed by atoms with Crippen LogP contribution in [0.3, 0.4) is 0 Å². The molecule has 2 rings (SSSR count). The number of amides is 2. The highest BCUT2D eigenvalue weighted by atomic mass is 16.4. The molecule has 5 nitrogen and oxygen atoms in total. The quantitative estimate of drug-likeness (QED) is 0.700. The molecule has 0 bridgehead atoms. The second-order valence-electron chi connectivity index (χ2n) is 6.52. The lowest BCUT2D eigenvalue weighted by molar-refractivity contribution is -0.137. The van der Waals surface area contributed by atoms with Gasteiger partial charge in [-0.25, -0.2) is 4.79 Å². The van der Waals surface area contributed by atoms with E-state index < -0.39 is 5.97 Å². The molecule has 0 spiro atoms. The second kappa shape index (κ2) is 6.95. The summed E-state index contributed by atoms with van der Waals surface area (Å²) in [6, 6.07) is -0.416. The summed E-state index contributed by atoms with van der Waals surface area (Å²) in [5, 5.41) is 14.6. The van der Waals surface area contributed by atoms with E-state index in [1.54, 1.807) is 0 Å². The van der Waals surface area contributed by atoms with Crippen LogP contribution in [0, 0.1) is 17.8 Å². The third-order valence-electron chi connectivity index (χ3n) is 4.59. The Balaban J connectivity index is 1.67. The first kappa shape index (κ1) is 15.1. The van der Waals surface area contributed by atoms with Crippen LogP contribution in [0.2, 0.25) is 0 Å². The Labute approximate surface area is 120 Å². The van der Waals surface area contributed by atoms with Crippen molar-refractivity contribution in [1.82, 2.24) is 10.6 Å². The van der Waals surface area contributed by atoms with E-state index in [0.717, 1.165) is 18.8 Å². The molecule has 1 atom stereocenters. The molecule has 0 saturated heterocycles. The Morgan fingerprint density at radius 3 is 2.35 bits per heavy atom. The van der Waals surface area contributed by atoms with E-state index in [-0.39, 0.29) is 18.5 Å². The lowest BCUT2D eigenvalue weighted by Crippen LogP contribution is -2.45. The number of aliphatic carboxylic acids is 1. The number of carboxylic acid groups (broad SMARTS) is 1. The summed E-state index contributed by atoms with van der Waals surface area (Å²) in [6.07, 6.45) is 6.94. The number of carbonyl (C=O) groups excluding carboxylic acids is 1. The average molecular weight is 282 g/mol. The van der Waals surface area contributed by atoms with Gasteiger partial charge in [0, 0.05) is 12.6 Å². The zero-order chi connectivity index (χ0) is 14.5. The van der Waals surface area contributed by atoms with Gasteiger partial charge < -0.3 is 15.7 Å². The minimum absolute atomic E-state index is 0.0268. The first-order valence-electron chi connectivity index (χ1n) is 7.80. The SMILES string of the molecule is CC1CCC(CNC(=O)NC(CC(=O)O)C2CC2)CC1. The number of hydrogen-bond acceptors (Lipinski definition) is 2. The molecule has 1 unspecified atom stereocenters. The molecule has 2 fully saturated rings. The van der Waals surface area contributed by atoms with Crippen molar-refractivity contribution in [2.45, 2.75) is 57.9 Å². The fraction of sp³-hybridized carbons (Fsp3) is 0.867. The Kier molecular flexibility index (Phi) is 5.26. The van der Waals surface area contributed by atoms with E-state index in [1.165, 1.54) is 25.7 Å². The number of rotatable bonds is 6. The standard InChI is InChI=1S/C15H26N2O3/c1-10-2-4-11(5-3-10)9-16-15(20)17-13(8-14(18)19)12-6-7-12/h10-13H,2-9H2,1H3,(H,18,19)(H2,16,17,20). The predicted octanol–water partition coefficient (Wildman–Crippen LogP) is 2.37. The van der Waals surface area contributed by atoms with Crippen molar-refractivity contribution in [3.63, 3.8) is 0 Å². The van der Waals surface area contributed by atoms with Gasteiger partial charge in [0.15, 0.2) is 0 Å². The smallest absolute Gasteiger partial charge is 0.315 e. The van der Waals surface area contributed by atoms with Crippen molar-refractivity contribution in [3.8, 4) is 0 Å². The van der Waals surface area contributed by atoms with Gasteiger partial charge >= 0.3 is 12.0 Å². The van der Waals surface area contributed by atoms with Crippen molar-refractivity contribution in [2.75, 3.05) is 6.54 Å². The molecule has 3 N–H and O–H groups in total. The minimum Gasteiger partial charge on any atom is -0.481 e. The molecule has 2 aliphatic rings. The third kappa shape index (κ3) is 5.02. The number of hydrogen-bond donors (Lipinski definition) is 3. The van der Waals surface area contributed by atoms with Gasteiger partial charge in [-0.15, -0.1) is 0 Å². The Morgan fingerprint density at radius 1 is 1.15 bits per heavy atom. The number of urea groups is 1. The van der Waals surface area contributed by atoms with Gasteiger partial charge in [0.05, 0.1) is 6.42 Å². The summed E-state index contributed by atoms with van der Waals surface area (Å²) >= 11 is 0. The van der Waals surface area contributed by atoms with E-state index in [0.29, 0.717) is 18.4 Å². The zero-order valence-corrected chi connectivity index (χ0v) is 12.2. The summed E-state index contributed by atoms with van der Waals surface area (Å²) in [5.74, 6) is 0.904. The van der Waals surface area contributed by atoms with Crippen molar-refractivity contribution >= 4 is 12.0 Å². The van der Waals surface area contributed by atoms with Crippen LogP contribution in [0.1, 0.15) is 51.9 Å². The van der Waals surface area contributed by atoms with Gasteiger partial charge in [-0.3, -0.25) is 4.79 Å². The van der Waals surface area contributed by atoms with Gasteiger partial charge in [0.1, 0.15) is 0 Å². The molecule has 0 aliphatic heterocycles. The first-order valence-corrected chi connectivity index (χ1v) is 7.80. The summed E-state index contributed by atoms with van der Waals surface area (Å²) in [4.78, 5) is 22.6. The maximum absolute atomic E-state index is 11.9. The van der Waals surface area contributed by atoms with Crippen LogP contribution in [-0.4, -0.2) is 29.7 Å². The van der Waals surface area contributed by atoms with Gasteiger partial charge in [-0.2, -0.15) is 0 Å². The Hall–Kier alpha value is -1.26. The van der Waals surface area contributed by atoms with E-state index in [2.05, 4.69) is 17.6 Å². The van der Waals surface area contributed by atoms with Crippen LogP contribution >= 0.6 is 0 Å². The Bertz CT molecular complexity index is 347. The van der Waals surface area contributed by atoms with Crippen LogP contribution in [0.15, 0.2) is 0 Å². The van der Waals surface area contributed by atoms with Crippen LogP contribution in [-0.2, 0) is 4.79 Å². The molecule has 0 aromatic carbocycles. The highest BCUT2D eigenvalue weighted by Crippen LogP contribution is 2.34. The molecule has 0 aromatic rings. The molecule has 2 amide bonds. The molecule has 20 heavy (non-hydrogen) atoms. The number of nitrogens with one attached hydrogen (secondary N) is 2.